The van der Waals surface area contributed by atoms with Crippen LogP contribution in [0.15, 0.2) is 30.3 Å². The van der Waals surface area contributed by atoms with Crippen molar-refractivity contribution < 1.29 is 13.9 Å². The summed E-state index contributed by atoms with van der Waals surface area (Å²) in [6.45, 7) is 0. The summed E-state index contributed by atoms with van der Waals surface area (Å²) in [5, 5.41) is -0.300. The predicted molar refractivity (Wildman–Crippen MR) is 75.3 cm³/mol. The zero-order valence-corrected chi connectivity index (χ0v) is 10.9. The van der Waals surface area contributed by atoms with Gasteiger partial charge in [-0.05, 0) is 18.2 Å². The van der Waals surface area contributed by atoms with Gasteiger partial charge < -0.3 is 21.9 Å². The number of carbonyl (C=O) groups excluding carboxylic acids is 1. The number of benzene rings is 2. The van der Waals surface area contributed by atoms with Crippen molar-refractivity contribution in [3.8, 4) is 11.5 Å². The number of primary amides is 1. The maximum Gasteiger partial charge on any atom is 0.252 e. The molecule has 0 saturated carbocycles. The van der Waals surface area contributed by atoms with Crippen LogP contribution in [0.5, 0.6) is 11.5 Å². The Labute approximate surface area is 119 Å². The lowest BCUT2D eigenvalue weighted by atomic mass is 10.2. The Morgan fingerprint density at radius 2 is 1.85 bits per heavy atom. The summed E-state index contributed by atoms with van der Waals surface area (Å²) in [5.74, 6) is -1.84. The first-order valence-electron chi connectivity index (χ1n) is 5.51. The van der Waals surface area contributed by atoms with E-state index in [0.29, 0.717) is 0 Å². The van der Waals surface area contributed by atoms with E-state index in [1.54, 1.807) is 12.1 Å². The third-order valence-electron chi connectivity index (χ3n) is 2.58. The third kappa shape index (κ3) is 2.46. The average molecular weight is 296 g/mol. The monoisotopic (exact) mass is 295 g/mol. The van der Waals surface area contributed by atoms with Crippen LogP contribution in [0.1, 0.15) is 10.4 Å². The van der Waals surface area contributed by atoms with Crippen LogP contribution in [0.2, 0.25) is 5.02 Å². The highest BCUT2D eigenvalue weighted by Gasteiger charge is 2.18. The van der Waals surface area contributed by atoms with E-state index in [1.165, 1.54) is 18.2 Å². The SMILES string of the molecule is NC(=O)c1ccccc1Oc1c(N)cc(N)c(Cl)c1F. The number of hydrogen-bond donors (Lipinski definition) is 3. The predicted octanol–water partition coefficient (Wildman–Crippen LogP) is 2.53. The molecule has 0 fully saturated rings. The Bertz CT molecular complexity index is 692. The summed E-state index contributed by atoms with van der Waals surface area (Å²) >= 11 is 5.70. The molecule has 20 heavy (non-hydrogen) atoms. The second kappa shape index (κ2) is 5.26. The van der Waals surface area contributed by atoms with Crippen LogP contribution in [-0.2, 0) is 0 Å². The maximum atomic E-state index is 14.0. The van der Waals surface area contributed by atoms with E-state index in [1.807, 2.05) is 0 Å². The summed E-state index contributed by atoms with van der Waals surface area (Å²) < 4.78 is 19.3. The van der Waals surface area contributed by atoms with Crippen LogP contribution < -0.4 is 21.9 Å². The fourth-order valence-corrected chi connectivity index (χ4v) is 1.76. The van der Waals surface area contributed by atoms with Crippen molar-refractivity contribution in [1.82, 2.24) is 0 Å². The Morgan fingerprint density at radius 1 is 1.20 bits per heavy atom. The normalized spacial score (nSPS) is 10.3. The molecule has 0 heterocycles. The molecule has 0 atom stereocenters. The number of nitrogen functional groups attached to an aromatic ring is 2. The van der Waals surface area contributed by atoms with Crippen molar-refractivity contribution in [2.24, 2.45) is 5.73 Å². The number of amides is 1. The Morgan fingerprint density at radius 3 is 2.50 bits per heavy atom. The largest absolute Gasteiger partial charge is 0.451 e. The lowest BCUT2D eigenvalue weighted by Crippen LogP contribution is -2.12. The molecule has 0 unspecified atom stereocenters. The number of ether oxygens (including phenoxy) is 1. The third-order valence-corrected chi connectivity index (χ3v) is 2.97. The van der Waals surface area contributed by atoms with E-state index >= 15 is 0 Å². The zero-order valence-electron chi connectivity index (χ0n) is 10.2. The molecule has 2 aromatic rings. The molecule has 0 aromatic heterocycles. The zero-order chi connectivity index (χ0) is 14.9. The van der Waals surface area contributed by atoms with Crippen molar-refractivity contribution in [3.05, 3.63) is 46.7 Å². The van der Waals surface area contributed by atoms with E-state index in [4.69, 9.17) is 33.5 Å². The van der Waals surface area contributed by atoms with Crippen LogP contribution in [0, 0.1) is 5.82 Å². The molecule has 7 heteroatoms. The van der Waals surface area contributed by atoms with Gasteiger partial charge in [0.05, 0.1) is 16.9 Å². The standard InChI is InChI=1S/C13H11ClFN3O2/c14-10-7(16)5-8(17)12(11(10)15)20-9-4-2-1-3-6(9)13(18)19/h1-5H,16-17H2,(H2,18,19). The Balaban J connectivity index is 2.51. The number of hydrogen-bond acceptors (Lipinski definition) is 4. The van der Waals surface area contributed by atoms with Gasteiger partial charge in [-0.25, -0.2) is 4.39 Å². The molecule has 2 aromatic carbocycles. The Kier molecular flexibility index (Phi) is 3.67. The Hall–Kier alpha value is -2.47. The smallest absolute Gasteiger partial charge is 0.252 e. The molecule has 6 N–H and O–H groups in total. The van der Waals surface area contributed by atoms with Crippen LogP contribution in [0.25, 0.3) is 0 Å². The molecule has 2 rings (SSSR count). The van der Waals surface area contributed by atoms with E-state index in [9.17, 15) is 9.18 Å². The fraction of sp³-hybridized carbons (Fsp3) is 0. The highest BCUT2D eigenvalue weighted by molar-refractivity contribution is 6.33. The summed E-state index contributed by atoms with van der Waals surface area (Å²) in [6, 6.07) is 7.39. The average Bonchev–Trinajstić information content (AvgIpc) is 2.41. The minimum Gasteiger partial charge on any atom is -0.451 e. The fourth-order valence-electron chi connectivity index (χ4n) is 1.62. The number of halogens is 2. The topological polar surface area (TPSA) is 104 Å². The van der Waals surface area contributed by atoms with Crippen molar-refractivity contribution in [1.29, 1.82) is 0 Å². The molecule has 5 nitrogen and oxygen atoms in total. The highest BCUT2D eigenvalue weighted by atomic mass is 35.5. The summed E-state index contributed by atoms with van der Waals surface area (Å²) in [5.41, 5.74) is 16.4. The van der Waals surface area contributed by atoms with Gasteiger partial charge in [-0.15, -0.1) is 0 Å². The summed E-state index contributed by atoms with van der Waals surface area (Å²) in [4.78, 5) is 11.3. The van der Waals surface area contributed by atoms with Crippen molar-refractivity contribution in [3.63, 3.8) is 0 Å². The first-order chi connectivity index (χ1) is 9.41. The van der Waals surface area contributed by atoms with Crippen molar-refractivity contribution in [2.75, 3.05) is 11.5 Å². The molecule has 104 valence electrons. The lowest BCUT2D eigenvalue weighted by Gasteiger charge is -2.13. The first-order valence-corrected chi connectivity index (χ1v) is 5.89. The minimum absolute atomic E-state index is 0.00259. The maximum absolute atomic E-state index is 14.0. The number of nitrogens with two attached hydrogens (primary N) is 3. The molecule has 0 radical (unpaired) electrons. The van der Waals surface area contributed by atoms with Crippen LogP contribution in [0.3, 0.4) is 0 Å². The van der Waals surface area contributed by atoms with Crippen molar-refractivity contribution in [2.45, 2.75) is 0 Å². The molecule has 0 aliphatic heterocycles. The van der Waals surface area contributed by atoms with E-state index in [0.717, 1.165) is 0 Å². The van der Waals surface area contributed by atoms with Gasteiger partial charge in [0, 0.05) is 0 Å². The van der Waals surface area contributed by atoms with E-state index in [2.05, 4.69) is 0 Å². The highest BCUT2D eigenvalue weighted by Crippen LogP contribution is 2.38. The lowest BCUT2D eigenvalue weighted by molar-refractivity contribution is 0.0998. The van der Waals surface area contributed by atoms with Gasteiger partial charge in [-0.1, -0.05) is 23.7 Å². The molecule has 0 aliphatic rings. The van der Waals surface area contributed by atoms with Gasteiger partial charge in [0.15, 0.2) is 11.6 Å². The van der Waals surface area contributed by atoms with Gasteiger partial charge in [-0.3, -0.25) is 4.79 Å². The van der Waals surface area contributed by atoms with Gasteiger partial charge in [0.2, 0.25) is 0 Å². The van der Waals surface area contributed by atoms with E-state index < -0.39 is 11.7 Å². The molecule has 0 spiro atoms. The van der Waals surface area contributed by atoms with Gasteiger partial charge in [-0.2, -0.15) is 0 Å². The molecular formula is C13H11ClFN3O2. The second-order valence-corrected chi connectivity index (χ2v) is 4.35. The molecule has 1 amide bonds. The van der Waals surface area contributed by atoms with E-state index in [-0.39, 0.29) is 33.5 Å². The number of para-hydroxylation sites is 1. The number of anilines is 2. The molecule has 0 saturated heterocycles. The molecular weight excluding hydrogens is 285 g/mol. The van der Waals surface area contributed by atoms with Crippen LogP contribution in [0.4, 0.5) is 15.8 Å². The van der Waals surface area contributed by atoms with Crippen molar-refractivity contribution >= 4 is 28.9 Å². The molecule has 0 aliphatic carbocycles. The molecule has 0 bridgehead atoms. The van der Waals surface area contributed by atoms with Crippen LogP contribution in [-0.4, -0.2) is 5.91 Å². The quantitative estimate of drug-likeness (QED) is 0.757. The summed E-state index contributed by atoms with van der Waals surface area (Å²) in [6.07, 6.45) is 0. The first kappa shape index (κ1) is 14.0. The van der Waals surface area contributed by atoms with Gasteiger partial charge >= 0.3 is 0 Å². The summed E-state index contributed by atoms with van der Waals surface area (Å²) in [7, 11) is 0. The van der Waals surface area contributed by atoms with Gasteiger partial charge in [0.1, 0.15) is 10.8 Å². The van der Waals surface area contributed by atoms with Crippen LogP contribution >= 0.6 is 11.6 Å². The minimum atomic E-state index is -0.900. The number of rotatable bonds is 3. The number of carbonyl (C=O) groups is 1. The second-order valence-electron chi connectivity index (χ2n) is 3.97. The van der Waals surface area contributed by atoms with Gasteiger partial charge in [0.25, 0.3) is 5.91 Å².